The molecule has 2 aromatic carbocycles. The molecule has 0 bridgehead atoms. The van der Waals surface area contributed by atoms with Crippen molar-refractivity contribution in [1.82, 2.24) is 15.0 Å². The van der Waals surface area contributed by atoms with Crippen molar-refractivity contribution in [3.63, 3.8) is 0 Å². The van der Waals surface area contributed by atoms with E-state index in [0.717, 1.165) is 18.4 Å². The molecule has 162 valence electrons. The Kier molecular flexibility index (Phi) is 6.06. The second-order valence-electron chi connectivity index (χ2n) is 7.35. The SMILES string of the molecule is COc1cccc(C(=O)N2CCCC(c3nc(-c4ccc(OC)c(OC)c4)no3)C2)c1. The van der Waals surface area contributed by atoms with E-state index in [2.05, 4.69) is 10.1 Å². The lowest BCUT2D eigenvalue weighted by Gasteiger charge is -2.31. The highest BCUT2D eigenvalue weighted by atomic mass is 16.5. The third kappa shape index (κ3) is 4.33. The summed E-state index contributed by atoms with van der Waals surface area (Å²) in [5.74, 6) is 2.87. The summed E-state index contributed by atoms with van der Waals surface area (Å²) in [6.45, 7) is 1.23. The molecule has 0 spiro atoms. The summed E-state index contributed by atoms with van der Waals surface area (Å²) >= 11 is 0. The normalized spacial score (nSPS) is 16.1. The van der Waals surface area contributed by atoms with Crippen LogP contribution in [-0.2, 0) is 0 Å². The fourth-order valence-electron chi connectivity index (χ4n) is 3.80. The van der Waals surface area contributed by atoms with Crippen molar-refractivity contribution in [1.29, 1.82) is 0 Å². The average Bonchev–Trinajstić information content (AvgIpc) is 3.33. The van der Waals surface area contributed by atoms with Gasteiger partial charge in [0.15, 0.2) is 11.5 Å². The van der Waals surface area contributed by atoms with Crippen LogP contribution in [-0.4, -0.2) is 55.4 Å². The Hall–Kier alpha value is -3.55. The minimum atomic E-state index is -0.0248. The van der Waals surface area contributed by atoms with Crippen molar-refractivity contribution < 1.29 is 23.5 Å². The number of benzene rings is 2. The molecule has 0 aliphatic carbocycles. The van der Waals surface area contributed by atoms with Crippen molar-refractivity contribution in [3.8, 4) is 28.6 Å². The molecule has 1 aliphatic heterocycles. The van der Waals surface area contributed by atoms with Gasteiger partial charge in [0.2, 0.25) is 11.7 Å². The fourth-order valence-corrected chi connectivity index (χ4v) is 3.80. The minimum absolute atomic E-state index is 0.00954. The maximum absolute atomic E-state index is 13.0. The summed E-state index contributed by atoms with van der Waals surface area (Å²) in [7, 11) is 4.76. The first-order valence-corrected chi connectivity index (χ1v) is 10.1. The number of hydrogen-bond donors (Lipinski definition) is 0. The van der Waals surface area contributed by atoms with Crippen LogP contribution in [0.1, 0.15) is 35.0 Å². The van der Waals surface area contributed by atoms with E-state index in [9.17, 15) is 4.79 Å². The molecule has 31 heavy (non-hydrogen) atoms. The molecule has 2 heterocycles. The Labute approximate surface area is 180 Å². The maximum atomic E-state index is 13.0. The standard InChI is InChI=1S/C23H25N3O5/c1-28-18-8-4-6-16(12-18)23(27)26-11-5-7-17(14-26)22-24-21(25-31-22)15-9-10-19(29-2)20(13-15)30-3/h4,6,8-10,12-13,17H,5,7,11,14H2,1-3H3. The predicted molar refractivity (Wildman–Crippen MR) is 114 cm³/mol. The van der Waals surface area contributed by atoms with Gasteiger partial charge in [0.05, 0.1) is 27.2 Å². The van der Waals surface area contributed by atoms with E-state index in [0.29, 0.717) is 47.6 Å². The van der Waals surface area contributed by atoms with E-state index in [1.165, 1.54) is 0 Å². The van der Waals surface area contributed by atoms with Crippen LogP contribution in [0, 0.1) is 0 Å². The molecule has 1 atom stereocenters. The Morgan fingerprint density at radius 1 is 1.06 bits per heavy atom. The number of nitrogens with zero attached hydrogens (tertiary/aromatic N) is 3. The van der Waals surface area contributed by atoms with Crippen LogP contribution < -0.4 is 14.2 Å². The number of amides is 1. The number of carbonyl (C=O) groups is 1. The first-order valence-electron chi connectivity index (χ1n) is 10.1. The lowest BCUT2D eigenvalue weighted by Crippen LogP contribution is -2.39. The highest BCUT2D eigenvalue weighted by Gasteiger charge is 2.29. The molecule has 4 rings (SSSR count). The molecular weight excluding hydrogens is 398 g/mol. The van der Waals surface area contributed by atoms with Gasteiger partial charge in [-0.15, -0.1) is 0 Å². The summed E-state index contributed by atoms with van der Waals surface area (Å²) in [5, 5.41) is 4.14. The van der Waals surface area contributed by atoms with Crippen molar-refractivity contribution >= 4 is 5.91 Å². The summed E-state index contributed by atoms with van der Waals surface area (Å²) in [4.78, 5) is 19.4. The highest BCUT2D eigenvalue weighted by Crippen LogP contribution is 2.33. The maximum Gasteiger partial charge on any atom is 0.254 e. The molecular formula is C23H25N3O5. The minimum Gasteiger partial charge on any atom is -0.497 e. The van der Waals surface area contributed by atoms with Crippen LogP contribution in [0.15, 0.2) is 47.0 Å². The molecule has 8 heteroatoms. The van der Waals surface area contributed by atoms with Crippen molar-refractivity contribution in [2.75, 3.05) is 34.4 Å². The van der Waals surface area contributed by atoms with E-state index >= 15 is 0 Å². The number of piperidine rings is 1. The van der Waals surface area contributed by atoms with Crippen molar-refractivity contribution in [2.45, 2.75) is 18.8 Å². The second kappa shape index (κ2) is 9.07. The molecule has 3 aromatic rings. The lowest BCUT2D eigenvalue weighted by atomic mass is 9.97. The van der Waals surface area contributed by atoms with Crippen LogP contribution in [0.4, 0.5) is 0 Å². The van der Waals surface area contributed by atoms with Gasteiger partial charge in [0.25, 0.3) is 5.91 Å². The Bertz CT molecular complexity index is 1060. The summed E-state index contributed by atoms with van der Waals surface area (Å²) in [6, 6.07) is 12.7. The second-order valence-corrected chi connectivity index (χ2v) is 7.35. The quantitative estimate of drug-likeness (QED) is 0.596. The van der Waals surface area contributed by atoms with Gasteiger partial charge in [-0.3, -0.25) is 4.79 Å². The van der Waals surface area contributed by atoms with Gasteiger partial charge < -0.3 is 23.6 Å². The smallest absolute Gasteiger partial charge is 0.254 e. The number of hydrogen-bond acceptors (Lipinski definition) is 7. The largest absolute Gasteiger partial charge is 0.497 e. The zero-order valence-electron chi connectivity index (χ0n) is 17.8. The van der Waals surface area contributed by atoms with E-state index in [1.807, 2.05) is 29.2 Å². The Morgan fingerprint density at radius 2 is 1.90 bits per heavy atom. The fraction of sp³-hybridized carbons (Fsp3) is 0.348. The van der Waals surface area contributed by atoms with Crippen LogP contribution in [0.3, 0.4) is 0 Å². The Balaban J connectivity index is 1.50. The number of aromatic nitrogens is 2. The van der Waals surface area contributed by atoms with Crippen molar-refractivity contribution in [2.24, 2.45) is 0 Å². The monoisotopic (exact) mass is 423 g/mol. The molecule has 0 saturated carbocycles. The predicted octanol–water partition coefficient (Wildman–Crippen LogP) is 3.78. The summed E-state index contributed by atoms with van der Waals surface area (Å²) in [5.41, 5.74) is 1.38. The van der Waals surface area contributed by atoms with E-state index < -0.39 is 0 Å². The van der Waals surface area contributed by atoms with Gasteiger partial charge >= 0.3 is 0 Å². The summed E-state index contributed by atoms with van der Waals surface area (Å²) < 4.78 is 21.4. The first kappa shape index (κ1) is 20.7. The van der Waals surface area contributed by atoms with E-state index in [-0.39, 0.29) is 11.8 Å². The van der Waals surface area contributed by atoms with E-state index in [4.69, 9.17) is 18.7 Å². The molecule has 1 unspecified atom stereocenters. The third-order valence-electron chi connectivity index (χ3n) is 5.46. The van der Waals surface area contributed by atoms with Crippen LogP contribution >= 0.6 is 0 Å². The van der Waals surface area contributed by atoms with Gasteiger partial charge in [0.1, 0.15) is 5.75 Å². The van der Waals surface area contributed by atoms with E-state index in [1.54, 1.807) is 39.5 Å². The molecule has 1 amide bonds. The molecule has 1 saturated heterocycles. The number of likely N-dealkylation sites (tertiary alicyclic amines) is 1. The lowest BCUT2D eigenvalue weighted by molar-refractivity contribution is 0.0695. The molecule has 1 fully saturated rings. The molecule has 1 aromatic heterocycles. The molecule has 0 N–H and O–H groups in total. The number of rotatable bonds is 6. The zero-order chi connectivity index (χ0) is 21.8. The Morgan fingerprint density at radius 3 is 2.68 bits per heavy atom. The van der Waals surface area contributed by atoms with Gasteiger partial charge in [-0.1, -0.05) is 11.2 Å². The average molecular weight is 423 g/mol. The topological polar surface area (TPSA) is 86.9 Å². The van der Waals surface area contributed by atoms with Crippen LogP contribution in [0.25, 0.3) is 11.4 Å². The molecule has 0 radical (unpaired) electrons. The van der Waals surface area contributed by atoms with Crippen LogP contribution in [0.2, 0.25) is 0 Å². The highest BCUT2D eigenvalue weighted by molar-refractivity contribution is 5.94. The van der Waals surface area contributed by atoms with Gasteiger partial charge in [-0.2, -0.15) is 4.98 Å². The zero-order valence-corrected chi connectivity index (χ0v) is 17.8. The van der Waals surface area contributed by atoms with Gasteiger partial charge in [-0.05, 0) is 49.2 Å². The van der Waals surface area contributed by atoms with Gasteiger partial charge in [0, 0.05) is 24.2 Å². The number of carbonyl (C=O) groups excluding carboxylic acids is 1. The number of methoxy groups -OCH3 is 3. The summed E-state index contributed by atoms with van der Waals surface area (Å²) in [6.07, 6.45) is 1.75. The van der Waals surface area contributed by atoms with Gasteiger partial charge in [-0.25, -0.2) is 0 Å². The van der Waals surface area contributed by atoms with Crippen LogP contribution in [0.5, 0.6) is 17.2 Å². The third-order valence-corrected chi connectivity index (χ3v) is 5.46. The number of ether oxygens (including phenoxy) is 3. The first-order chi connectivity index (χ1) is 15.1. The molecule has 8 nitrogen and oxygen atoms in total. The molecule has 1 aliphatic rings. The van der Waals surface area contributed by atoms with Crippen molar-refractivity contribution in [3.05, 3.63) is 53.9 Å².